The van der Waals surface area contributed by atoms with Gasteiger partial charge in [-0.25, -0.2) is 8.42 Å². The Hall–Kier alpha value is -1.56. The number of nitrogens with one attached hydrogen (secondary N) is 2. The van der Waals surface area contributed by atoms with Crippen LogP contribution in [0.15, 0.2) is 24.3 Å². The number of amides is 1. The number of likely N-dealkylation sites (N-methyl/N-ethyl adjacent to an activating group) is 1. The molecule has 0 saturated carbocycles. The minimum atomic E-state index is -3.32. The number of hydrogen-bond donors (Lipinski definition) is 2. The van der Waals surface area contributed by atoms with Crippen LogP contribution in [0.2, 0.25) is 0 Å². The highest BCUT2D eigenvalue weighted by Gasteiger charge is 2.15. The summed E-state index contributed by atoms with van der Waals surface area (Å²) < 4.78 is 25.8. The molecule has 1 amide bonds. The number of carbonyl (C=O) groups excluding carboxylic acids is 1. The summed E-state index contributed by atoms with van der Waals surface area (Å²) in [6.07, 6.45) is 0.285. The number of hydrogen-bond acceptors (Lipinski definition) is 3. The molecular formula is C12H18N2O3S. The molecule has 5 nitrogen and oxygen atoms in total. The number of carbonyl (C=O) groups is 1. The lowest BCUT2D eigenvalue weighted by molar-refractivity contribution is -0.119. The Bertz CT molecular complexity index is 507. The molecule has 1 rings (SSSR count). The lowest BCUT2D eigenvalue weighted by Gasteiger charge is -2.11. The van der Waals surface area contributed by atoms with Crippen LogP contribution in [0.1, 0.15) is 19.4 Å². The second kappa shape index (κ2) is 5.86. The van der Waals surface area contributed by atoms with Gasteiger partial charge in [0.25, 0.3) is 0 Å². The third-order valence-electron chi connectivity index (χ3n) is 2.48. The van der Waals surface area contributed by atoms with Crippen LogP contribution in [-0.4, -0.2) is 26.6 Å². The third-order valence-corrected chi connectivity index (χ3v) is 4.24. The van der Waals surface area contributed by atoms with Crippen molar-refractivity contribution in [3.63, 3.8) is 0 Å². The van der Waals surface area contributed by atoms with Crippen molar-refractivity contribution in [2.24, 2.45) is 0 Å². The van der Waals surface area contributed by atoms with Gasteiger partial charge in [0.15, 0.2) is 0 Å². The van der Waals surface area contributed by atoms with Gasteiger partial charge in [-0.3, -0.25) is 9.52 Å². The van der Waals surface area contributed by atoms with E-state index in [1.165, 1.54) is 0 Å². The maximum atomic E-state index is 11.6. The van der Waals surface area contributed by atoms with E-state index in [4.69, 9.17) is 0 Å². The summed E-state index contributed by atoms with van der Waals surface area (Å²) in [5, 5.41) is 2.05. The van der Waals surface area contributed by atoms with E-state index < -0.39 is 15.3 Å². The van der Waals surface area contributed by atoms with Gasteiger partial charge in [0, 0.05) is 12.7 Å². The normalized spacial score (nSPS) is 11.3. The number of benzene rings is 1. The Labute approximate surface area is 108 Å². The number of anilines is 1. The van der Waals surface area contributed by atoms with Crippen LogP contribution in [0.5, 0.6) is 0 Å². The molecule has 0 aromatic heterocycles. The summed E-state index contributed by atoms with van der Waals surface area (Å²) in [5.74, 6) is -0.0782. The van der Waals surface area contributed by atoms with Gasteiger partial charge in [-0.2, -0.15) is 0 Å². The average molecular weight is 270 g/mol. The first-order valence-electron chi connectivity index (χ1n) is 5.66. The third kappa shape index (κ3) is 4.03. The van der Waals surface area contributed by atoms with E-state index in [2.05, 4.69) is 10.0 Å². The highest BCUT2D eigenvalue weighted by molar-refractivity contribution is 7.93. The quantitative estimate of drug-likeness (QED) is 0.842. The van der Waals surface area contributed by atoms with Crippen molar-refractivity contribution < 1.29 is 13.2 Å². The molecule has 0 fully saturated rings. The van der Waals surface area contributed by atoms with Crippen molar-refractivity contribution in [3.8, 4) is 0 Å². The smallest absolute Gasteiger partial charge is 0.235 e. The molecule has 18 heavy (non-hydrogen) atoms. The fourth-order valence-electron chi connectivity index (χ4n) is 1.25. The molecule has 100 valence electrons. The summed E-state index contributed by atoms with van der Waals surface area (Å²) in [6, 6.07) is 6.76. The van der Waals surface area contributed by atoms with Crippen LogP contribution in [0.3, 0.4) is 0 Å². The molecular weight excluding hydrogens is 252 g/mol. The molecule has 2 N–H and O–H groups in total. The molecule has 0 saturated heterocycles. The zero-order valence-corrected chi connectivity index (χ0v) is 11.5. The molecule has 0 bridgehead atoms. The fourth-order valence-corrected chi connectivity index (χ4v) is 1.95. The van der Waals surface area contributed by atoms with Gasteiger partial charge in [0.2, 0.25) is 15.9 Å². The van der Waals surface area contributed by atoms with E-state index in [0.29, 0.717) is 5.69 Å². The zero-order valence-electron chi connectivity index (χ0n) is 10.7. The van der Waals surface area contributed by atoms with Crippen LogP contribution < -0.4 is 10.0 Å². The van der Waals surface area contributed by atoms with Gasteiger partial charge in [-0.05, 0) is 31.5 Å². The minimum absolute atomic E-state index is 0.0782. The van der Waals surface area contributed by atoms with E-state index in [0.717, 1.165) is 5.56 Å². The van der Waals surface area contributed by atoms with Crippen molar-refractivity contribution in [2.45, 2.75) is 25.5 Å². The van der Waals surface area contributed by atoms with E-state index in [1.807, 2.05) is 0 Å². The average Bonchev–Trinajstić information content (AvgIpc) is 2.31. The molecule has 0 aliphatic carbocycles. The molecule has 0 spiro atoms. The van der Waals surface area contributed by atoms with Crippen molar-refractivity contribution >= 4 is 21.6 Å². The molecule has 0 atom stereocenters. The largest absolute Gasteiger partial charge is 0.359 e. The van der Waals surface area contributed by atoms with E-state index >= 15 is 0 Å². The van der Waals surface area contributed by atoms with Crippen LogP contribution >= 0.6 is 0 Å². The minimum Gasteiger partial charge on any atom is -0.359 e. The molecule has 0 aliphatic heterocycles. The van der Waals surface area contributed by atoms with Gasteiger partial charge in [0.05, 0.1) is 11.7 Å². The van der Waals surface area contributed by atoms with Gasteiger partial charge >= 0.3 is 0 Å². The van der Waals surface area contributed by atoms with Crippen molar-refractivity contribution in [2.75, 3.05) is 11.8 Å². The number of rotatable bonds is 5. The summed E-state index contributed by atoms with van der Waals surface area (Å²) in [4.78, 5) is 11.2. The van der Waals surface area contributed by atoms with Gasteiger partial charge in [0.1, 0.15) is 0 Å². The molecule has 6 heteroatoms. The lowest BCUT2D eigenvalue weighted by Crippen LogP contribution is -2.22. The van der Waals surface area contributed by atoms with Crippen molar-refractivity contribution in [1.29, 1.82) is 0 Å². The van der Waals surface area contributed by atoms with Gasteiger partial charge in [-0.15, -0.1) is 0 Å². The highest BCUT2D eigenvalue weighted by atomic mass is 32.2. The highest BCUT2D eigenvalue weighted by Crippen LogP contribution is 2.13. The Kier molecular flexibility index (Phi) is 4.72. The zero-order chi connectivity index (χ0) is 13.8. The van der Waals surface area contributed by atoms with Crippen molar-refractivity contribution in [1.82, 2.24) is 5.32 Å². The molecule has 0 aliphatic rings. The fraction of sp³-hybridized carbons (Fsp3) is 0.417. The molecule has 1 aromatic carbocycles. The van der Waals surface area contributed by atoms with E-state index in [1.54, 1.807) is 45.2 Å². The van der Waals surface area contributed by atoms with Gasteiger partial charge < -0.3 is 5.32 Å². The summed E-state index contributed by atoms with van der Waals surface area (Å²) >= 11 is 0. The van der Waals surface area contributed by atoms with Crippen LogP contribution in [0.4, 0.5) is 5.69 Å². The second-order valence-corrected chi connectivity index (χ2v) is 6.48. The topological polar surface area (TPSA) is 75.3 Å². The molecule has 1 aromatic rings. The Morgan fingerprint density at radius 1 is 1.22 bits per heavy atom. The monoisotopic (exact) mass is 270 g/mol. The Morgan fingerprint density at radius 2 is 1.78 bits per heavy atom. The lowest BCUT2D eigenvalue weighted by atomic mass is 10.1. The standard InChI is InChI=1S/C12H18N2O3S/c1-9(2)18(16,17)14-11-6-4-10(5-7-11)8-12(15)13-3/h4-7,9,14H,8H2,1-3H3,(H,13,15). The first-order chi connectivity index (χ1) is 8.35. The maximum Gasteiger partial charge on any atom is 0.235 e. The van der Waals surface area contributed by atoms with Crippen LogP contribution in [0, 0.1) is 0 Å². The predicted molar refractivity (Wildman–Crippen MR) is 71.9 cm³/mol. The molecule has 0 unspecified atom stereocenters. The van der Waals surface area contributed by atoms with Crippen LogP contribution in [0.25, 0.3) is 0 Å². The van der Waals surface area contributed by atoms with E-state index in [9.17, 15) is 13.2 Å². The Balaban J connectivity index is 2.75. The number of sulfonamides is 1. The van der Waals surface area contributed by atoms with E-state index in [-0.39, 0.29) is 12.3 Å². The first kappa shape index (κ1) is 14.5. The predicted octanol–water partition coefficient (Wildman–Crippen LogP) is 1.13. The summed E-state index contributed by atoms with van der Waals surface area (Å²) in [7, 11) is -1.74. The molecule has 0 radical (unpaired) electrons. The Morgan fingerprint density at radius 3 is 2.22 bits per heavy atom. The summed E-state index contributed by atoms with van der Waals surface area (Å²) in [6.45, 7) is 3.23. The SMILES string of the molecule is CNC(=O)Cc1ccc(NS(=O)(=O)C(C)C)cc1. The molecule has 0 heterocycles. The summed E-state index contributed by atoms with van der Waals surface area (Å²) in [5.41, 5.74) is 1.34. The first-order valence-corrected chi connectivity index (χ1v) is 7.21. The van der Waals surface area contributed by atoms with Crippen LogP contribution in [-0.2, 0) is 21.2 Å². The maximum absolute atomic E-state index is 11.6. The van der Waals surface area contributed by atoms with Gasteiger partial charge in [-0.1, -0.05) is 12.1 Å². The van der Waals surface area contributed by atoms with Crippen molar-refractivity contribution in [3.05, 3.63) is 29.8 Å². The second-order valence-electron chi connectivity index (χ2n) is 4.24.